The third kappa shape index (κ3) is 3.36. The topological polar surface area (TPSA) is 46.3 Å². The molecular formula is C12H25ClN2O. The highest BCUT2D eigenvalue weighted by molar-refractivity contribution is 5.85. The number of hydrogen-bond acceptors (Lipinski definition) is 2. The molecular weight excluding hydrogens is 224 g/mol. The normalized spacial score (nSPS) is 26.8. The van der Waals surface area contributed by atoms with Crippen molar-refractivity contribution in [3.63, 3.8) is 0 Å². The average molecular weight is 249 g/mol. The van der Waals surface area contributed by atoms with Gasteiger partial charge in [-0.05, 0) is 31.7 Å². The van der Waals surface area contributed by atoms with Gasteiger partial charge in [-0.1, -0.05) is 20.8 Å². The second-order valence-corrected chi connectivity index (χ2v) is 5.21. The van der Waals surface area contributed by atoms with E-state index in [0.29, 0.717) is 30.3 Å². The van der Waals surface area contributed by atoms with Crippen molar-refractivity contribution in [3.8, 4) is 0 Å². The van der Waals surface area contributed by atoms with Crippen molar-refractivity contribution >= 4 is 18.3 Å². The molecule has 3 unspecified atom stereocenters. The van der Waals surface area contributed by atoms with Crippen LogP contribution in [0.5, 0.6) is 0 Å². The van der Waals surface area contributed by atoms with Crippen molar-refractivity contribution in [2.45, 2.75) is 40.2 Å². The van der Waals surface area contributed by atoms with E-state index in [2.05, 4.69) is 20.8 Å². The molecule has 0 aromatic heterocycles. The van der Waals surface area contributed by atoms with Gasteiger partial charge in [-0.15, -0.1) is 12.4 Å². The molecule has 3 atom stereocenters. The highest BCUT2D eigenvalue weighted by atomic mass is 35.5. The van der Waals surface area contributed by atoms with Gasteiger partial charge in [-0.3, -0.25) is 4.79 Å². The van der Waals surface area contributed by atoms with Crippen LogP contribution in [0.1, 0.15) is 34.1 Å². The number of nitrogens with zero attached hydrogens (tertiary/aromatic N) is 1. The van der Waals surface area contributed by atoms with Crippen molar-refractivity contribution in [3.05, 3.63) is 0 Å². The maximum Gasteiger partial charge on any atom is 0.225 e. The maximum atomic E-state index is 12.1. The van der Waals surface area contributed by atoms with Gasteiger partial charge in [0.2, 0.25) is 5.91 Å². The molecule has 3 nitrogen and oxygen atoms in total. The molecule has 1 aliphatic rings. The van der Waals surface area contributed by atoms with Crippen LogP contribution < -0.4 is 5.73 Å². The fraction of sp³-hybridized carbons (Fsp3) is 0.917. The molecule has 0 aromatic rings. The van der Waals surface area contributed by atoms with Gasteiger partial charge < -0.3 is 10.6 Å². The molecule has 1 amide bonds. The van der Waals surface area contributed by atoms with Gasteiger partial charge in [0.1, 0.15) is 0 Å². The zero-order chi connectivity index (χ0) is 11.6. The van der Waals surface area contributed by atoms with Crippen molar-refractivity contribution in [1.82, 2.24) is 4.90 Å². The lowest BCUT2D eigenvalue weighted by atomic mass is 9.96. The monoisotopic (exact) mass is 248 g/mol. The van der Waals surface area contributed by atoms with E-state index in [1.54, 1.807) is 0 Å². The molecule has 2 N–H and O–H groups in total. The van der Waals surface area contributed by atoms with Gasteiger partial charge >= 0.3 is 0 Å². The number of carbonyl (C=O) groups excluding carboxylic acids is 1. The number of rotatable bonds is 3. The molecule has 16 heavy (non-hydrogen) atoms. The second kappa shape index (κ2) is 6.45. The summed E-state index contributed by atoms with van der Waals surface area (Å²) in [5.74, 6) is 1.35. The molecule has 0 spiro atoms. The maximum absolute atomic E-state index is 12.1. The smallest absolute Gasteiger partial charge is 0.225 e. The van der Waals surface area contributed by atoms with Crippen LogP contribution >= 0.6 is 12.4 Å². The van der Waals surface area contributed by atoms with E-state index in [1.165, 1.54) is 0 Å². The Balaban J connectivity index is 0.00000225. The van der Waals surface area contributed by atoms with Crippen molar-refractivity contribution < 1.29 is 4.79 Å². The summed E-state index contributed by atoms with van der Waals surface area (Å²) in [7, 11) is 0. The summed E-state index contributed by atoms with van der Waals surface area (Å²) in [5, 5.41) is 0. The van der Waals surface area contributed by atoms with Gasteiger partial charge in [0.15, 0.2) is 0 Å². The summed E-state index contributed by atoms with van der Waals surface area (Å²) in [5.41, 5.74) is 5.66. The minimum Gasteiger partial charge on any atom is -0.339 e. The minimum atomic E-state index is 0. The predicted octanol–water partition coefficient (Wildman–Crippen LogP) is 1.90. The molecule has 1 fully saturated rings. The molecule has 0 radical (unpaired) electrons. The number of hydrogen-bond donors (Lipinski definition) is 1. The Bertz CT molecular complexity index is 233. The summed E-state index contributed by atoms with van der Waals surface area (Å²) in [6, 6.07) is 0.368. The van der Waals surface area contributed by atoms with Gasteiger partial charge in [0.05, 0.1) is 0 Å². The molecule has 96 valence electrons. The minimum absolute atomic E-state index is 0. The van der Waals surface area contributed by atoms with Crippen molar-refractivity contribution in [2.75, 3.05) is 13.1 Å². The molecule has 1 heterocycles. The Morgan fingerprint density at radius 3 is 2.38 bits per heavy atom. The molecule has 1 aliphatic heterocycles. The molecule has 0 saturated carbocycles. The molecule has 0 bridgehead atoms. The van der Waals surface area contributed by atoms with Crippen LogP contribution in [0.4, 0.5) is 0 Å². The number of likely N-dealkylation sites (tertiary alicyclic amines) is 1. The summed E-state index contributed by atoms with van der Waals surface area (Å²) in [4.78, 5) is 14.2. The fourth-order valence-electron chi connectivity index (χ4n) is 2.17. The van der Waals surface area contributed by atoms with Crippen LogP contribution in [0.15, 0.2) is 0 Å². The van der Waals surface area contributed by atoms with Crippen LogP contribution in [0.3, 0.4) is 0 Å². The first-order valence-corrected chi connectivity index (χ1v) is 5.97. The average Bonchev–Trinajstić information content (AvgIpc) is 2.57. The molecule has 1 rings (SSSR count). The first kappa shape index (κ1) is 15.7. The quantitative estimate of drug-likeness (QED) is 0.829. The van der Waals surface area contributed by atoms with Gasteiger partial charge in [-0.2, -0.15) is 0 Å². The van der Waals surface area contributed by atoms with Gasteiger partial charge in [0.25, 0.3) is 0 Å². The van der Waals surface area contributed by atoms with Gasteiger partial charge in [0, 0.05) is 18.5 Å². The third-order valence-electron chi connectivity index (χ3n) is 3.67. The number of amides is 1. The Morgan fingerprint density at radius 1 is 1.44 bits per heavy atom. The Labute approximate surface area is 105 Å². The summed E-state index contributed by atoms with van der Waals surface area (Å²) < 4.78 is 0. The van der Waals surface area contributed by atoms with Crippen LogP contribution in [0.2, 0.25) is 0 Å². The summed E-state index contributed by atoms with van der Waals surface area (Å²) in [6.45, 7) is 9.90. The Kier molecular flexibility index (Phi) is 6.34. The zero-order valence-electron chi connectivity index (χ0n) is 10.8. The van der Waals surface area contributed by atoms with Crippen LogP contribution in [-0.2, 0) is 4.79 Å². The summed E-state index contributed by atoms with van der Waals surface area (Å²) >= 11 is 0. The number of carbonyl (C=O) groups is 1. The standard InChI is InChI=1S/C12H24N2O.ClH/c1-8(2)10(4)12(15)14-7-11(6-13)5-9(14)3;/h8-11H,5-7,13H2,1-4H3;1H. The molecule has 4 heteroatoms. The molecule has 0 aliphatic carbocycles. The van der Waals surface area contributed by atoms with Crippen LogP contribution in [0, 0.1) is 17.8 Å². The molecule has 1 saturated heterocycles. The highest BCUT2D eigenvalue weighted by Gasteiger charge is 2.34. The predicted molar refractivity (Wildman–Crippen MR) is 69.6 cm³/mol. The zero-order valence-corrected chi connectivity index (χ0v) is 11.6. The van der Waals surface area contributed by atoms with E-state index >= 15 is 0 Å². The Hall–Kier alpha value is -0.280. The lowest BCUT2D eigenvalue weighted by Crippen LogP contribution is -2.39. The first-order chi connectivity index (χ1) is 6.97. The lowest BCUT2D eigenvalue weighted by molar-refractivity contribution is -0.136. The van der Waals surface area contributed by atoms with Crippen LogP contribution in [-0.4, -0.2) is 29.9 Å². The third-order valence-corrected chi connectivity index (χ3v) is 3.67. The fourth-order valence-corrected chi connectivity index (χ4v) is 2.17. The van der Waals surface area contributed by atoms with Gasteiger partial charge in [-0.25, -0.2) is 0 Å². The first-order valence-electron chi connectivity index (χ1n) is 5.97. The van der Waals surface area contributed by atoms with E-state index in [-0.39, 0.29) is 18.3 Å². The van der Waals surface area contributed by atoms with Crippen LogP contribution in [0.25, 0.3) is 0 Å². The van der Waals surface area contributed by atoms with E-state index in [9.17, 15) is 4.79 Å². The van der Waals surface area contributed by atoms with E-state index in [0.717, 1.165) is 13.0 Å². The number of nitrogens with two attached hydrogens (primary N) is 1. The second-order valence-electron chi connectivity index (χ2n) is 5.21. The SMILES string of the molecule is CC(C)C(C)C(=O)N1CC(CN)CC1C.Cl. The van der Waals surface area contributed by atoms with E-state index in [4.69, 9.17) is 5.73 Å². The molecule has 0 aromatic carbocycles. The lowest BCUT2D eigenvalue weighted by Gasteiger charge is -2.26. The van der Waals surface area contributed by atoms with Crippen molar-refractivity contribution in [2.24, 2.45) is 23.5 Å². The van der Waals surface area contributed by atoms with E-state index in [1.807, 2.05) is 11.8 Å². The number of halogens is 1. The summed E-state index contributed by atoms with van der Waals surface area (Å²) in [6.07, 6.45) is 1.06. The largest absolute Gasteiger partial charge is 0.339 e. The van der Waals surface area contributed by atoms with E-state index < -0.39 is 0 Å². The van der Waals surface area contributed by atoms with Crippen molar-refractivity contribution in [1.29, 1.82) is 0 Å². The highest BCUT2D eigenvalue weighted by Crippen LogP contribution is 2.25. The Morgan fingerprint density at radius 2 is 2.00 bits per heavy atom.